The standard InChI is InChI=1S/C18H14ClNO4/c19-13-7-5-12(6-8-13)11-16-18(23)20(10-9-17(21)22)14-3-1-2-4-15(14)24-16/h1-8,11H,9-10H2,(H,21,22)/b16-11+. The fourth-order valence-electron chi connectivity index (χ4n) is 2.40. The van der Waals surface area contributed by atoms with Gasteiger partial charge in [0.15, 0.2) is 11.5 Å². The summed E-state index contributed by atoms with van der Waals surface area (Å²) in [5, 5.41) is 9.51. The minimum absolute atomic E-state index is 0.0759. The Labute approximate surface area is 143 Å². The Hall–Kier alpha value is -2.79. The van der Waals surface area contributed by atoms with Crippen molar-refractivity contribution in [3.05, 3.63) is 64.9 Å². The Morgan fingerprint density at radius 1 is 1.17 bits per heavy atom. The summed E-state index contributed by atoms with van der Waals surface area (Å²) < 4.78 is 5.70. The van der Waals surface area contributed by atoms with Gasteiger partial charge >= 0.3 is 5.97 Å². The average molecular weight is 344 g/mol. The Morgan fingerprint density at radius 3 is 2.58 bits per heavy atom. The van der Waals surface area contributed by atoms with Crippen LogP contribution in [0.1, 0.15) is 12.0 Å². The summed E-state index contributed by atoms with van der Waals surface area (Å²) in [6, 6.07) is 14.0. The van der Waals surface area contributed by atoms with E-state index in [0.29, 0.717) is 16.5 Å². The summed E-state index contributed by atoms with van der Waals surface area (Å²) in [7, 11) is 0. The van der Waals surface area contributed by atoms with Crippen LogP contribution in [0.15, 0.2) is 54.3 Å². The highest BCUT2D eigenvalue weighted by atomic mass is 35.5. The summed E-state index contributed by atoms with van der Waals surface area (Å²) in [5.74, 6) is -0.677. The van der Waals surface area contributed by atoms with Crippen LogP contribution in [-0.4, -0.2) is 23.5 Å². The van der Waals surface area contributed by atoms with Gasteiger partial charge in [-0.1, -0.05) is 35.9 Å². The molecule has 0 radical (unpaired) electrons. The van der Waals surface area contributed by atoms with Crippen LogP contribution in [0.3, 0.4) is 0 Å². The maximum Gasteiger partial charge on any atom is 0.305 e. The number of hydrogen-bond acceptors (Lipinski definition) is 3. The first kappa shape index (κ1) is 16.1. The number of para-hydroxylation sites is 2. The zero-order valence-corrected chi connectivity index (χ0v) is 13.4. The predicted molar refractivity (Wildman–Crippen MR) is 91.1 cm³/mol. The van der Waals surface area contributed by atoms with Crippen LogP contribution in [0.25, 0.3) is 6.08 Å². The van der Waals surface area contributed by atoms with Crippen LogP contribution in [0.5, 0.6) is 5.75 Å². The van der Waals surface area contributed by atoms with Crippen LogP contribution in [0.4, 0.5) is 5.69 Å². The number of fused-ring (bicyclic) bond motifs is 1. The molecule has 1 N–H and O–H groups in total. The van der Waals surface area contributed by atoms with Crippen LogP contribution in [0.2, 0.25) is 5.02 Å². The number of carboxylic acids is 1. The van der Waals surface area contributed by atoms with Crippen molar-refractivity contribution in [3.63, 3.8) is 0 Å². The van der Waals surface area contributed by atoms with Crippen molar-refractivity contribution in [2.45, 2.75) is 6.42 Å². The maximum absolute atomic E-state index is 12.7. The minimum Gasteiger partial charge on any atom is -0.481 e. The Balaban J connectivity index is 1.96. The van der Waals surface area contributed by atoms with Crippen molar-refractivity contribution in [1.82, 2.24) is 0 Å². The van der Waals surface area contributed by atoms with Crippen molar-refractivity contribution in [2.24, 2.45) is 0 Å². The molecule has 0 aromatic heterocycles. The molecule has 1 amide bonds. The smallest absolute Gasteiger partial charge is 0.305 e. The molecule has 0 aliphatic carbocycles. The first-order chi connectivity index (χ1) is 11.5. The van der Waals surface area contributed by atoms with Gasteiger partial charge in [-0.3, -0.25) is 9.59 Å². The molecule has 0 saturated heterocycles. The van der Waals surface area contributed by atoms with Crippen LogP contribution >= 0.6 is 11.6 Å². The molecule has 1 aliphatic heterocycles. The van der Waals surface area contributed by atoms with E-state index < -0.39 is 5.97 Å². The summed E-state index contributed by atoms with van der Waals surface area (Å²) in [6.45, 7) is 0.0759. The number of nitrogens with zero attached hydrogens (tertiary/aromatic N) is 1. The van der Waals surface area contributed by atoms with Crippen molar-refractivity contribution < 1.29 is 19.4 Å². The van der Waals surface area contributed by atoms with E-state index in [4.69, 9.17) is 21.4 Å². The zero-order valence-electron chi connectivity index (χ0n) is 12.6. The van der Waals surface area contributed by atoms with E-state index in [9.17, 15) is 9.59 Å². The number of benzene rings is 2. The van der Waals surface area contributed by atoms with Gasteiger partial charge < -0.3 is 14.7 Å². The predicted octanol–water partition coefficient (Wildman–Crippen LogP) is 3.58. The Morgan fingerprint density at radius 2 is 1.88 bits per heavy atom. The number of hydrogen-bond donors (Lipinski definition) is 1. The maximum atomic E-state index is 12.7. The third-order valence-corrected chi connectivity index (χ3v) is 3.80. The molecular formula is C18H14ClNO4. The quantitative estimate of drug-likeness (QED) is 0.862. The monoisotopic (exact) mass is 343 g/mol. The number of carbonyl (C=O) groups excluding carboxylic acids is 1. The zero-order chi connectivity index (χ0) is 17.1. The third-order valence-electron chi connectivity index (χ3n) is 3.55. The largest absolute Gasteiger partial charge is 0.481 e. The Bertz CT molecular complexity index is 814. The minimum atomic E-state index is -0.963. The van der Waals surface area contributed by atoms with E-state index in [1.807, 2.05) is 0 Å². The van der Waals surface area contributed by atoms with Gasteiger partial charge in [-0.05, 0) is 35.9 Å². The molecule has 2 aromatic carbocycles. The van der Waals surface area contributed by atoms with E-state index in [2.05, 4.69) is 0 Å². The third kappa shape index (κ3) is 3.41. The lowest BCUT2D eigenvalue weighted by molar-refractivity contribution is -0.136. The lowest BCUT2D eigenvalue weighted by atomic mass is 10.1. The molecular weight excluding hydrogens is 330 g/mol. The molecule has 6 heteroatoms. The van der Waals surface area contributed by atoms with Crippen molar-refractivity contribution in [2.75, 3.05) is 11.4 Å². The SMILES string of the molecule is O=C(O)CCN1C(=O)/C(=C\c2ccc(Cl)cc2)Oc2ccccc21. The molecule has 1 heterocycles. The molecule has 0 saturated carbocycles. The average Bonchev–Trinajstić information content (AvgIpc) is 2.57. The summed E-state index contributed by atoms with van der Waals surface area (Å²) in [6.07, 6.45) is 1.47. The second kappa shape index (κ2) is 6.76. The first-order valence-electron chi connectivity index (χ1n) is 7.32. The highest BCUT2D eigenvalue weighted by molar-refractivity contribution is 6.30. The number of halogens is 1. The van der Waals surface area contributed by atoms with E-state index in [1.165, 1.54) is 4.90 Å². The summed E-state index contributed by atoms with van der Waals surface area (Å²) in [5.41, 5.74) is 1.33. The molecule has 0 spiro atoms. The van der Waals surface area contributed by atoms with Gasteiger partial charge in [0, 0.05) is 11.6 Å². The first-order valence-corrected chi connectivity index (χ1v) is 7.70. The fourth-order valence-corrected chi connectivity index (χ4v) is 2.53. The van der Waals surface area contributed by atoms with E-state index in [1.54, 1.807) is 54.6 Å². The molecule has 2 aromatic rings. The van der Waals surface area contributed by atoms with E-state index in [0.717, 1.165) is 5.56 Å². The molecule has 0 unspecified atom stereocenters. The lowest BCUT2D eigenvalue weighted by Crippen LogP contribution is -2.38. The van der Waals surface area contributed by atoms with Crippen molar-refractivity contribution >= 4 is 35.2 Å². The van der Waals surface area contributed by atoms with Crippen LogP contribution in [0, 0.1) is 0 Å². The second-order valence-electron chi connectivity index (χ2n) is 5.23. The lowest BCUT2D eigenvalue weighted by Gasteiger charge is -2.30. The second-order valence-corrected chi connectivity index (χ2v) is 5.67. The van der Waals surface area contributed by atoms with Crippen LogP contribution in [-0.2, 0) is 9.59 Å². The Kier molecular flexibility index (Phi) is 4.53. The van der Waals surface area contributed by atoms with Crippen LogP contribution < -0.4 is 9.64 Å². The number of ether oxygens (including phenoxy) is 1. The normalized spacial score (nSPS) is 15.1. The van der Waals surface area contributed by atoms with Gasteiger partial charge in [0.1, 0.15) is 0 Å². The molecule has 1 aliphatic rings. The van der Waals surface area contributed by atoms with Gasteiger partial charge in [0.25, 0.3) is 5.91 Å². The molecule has 5 nitrogen and oxygen atoms in total. The molecule has 0 fully saturated rings. The fraction of sp³-hybridized carbons (Fsp3) is 0.111. The van der Waals surface area contributed by atoms with Gasteiger partial charge in [-0.15, -0.1) is 0 Å². The van der Waals surface area contributed by atoms with E-state index in [-0.39, 0.29) is 24.6 Å². The van der Waals surface area contributed by atoms with Gasteiger partial charge in [0.05, 0.1) is 12.1 Å². The number of aliphatic carboxylic acids is 1. The van der Waals surface area contributed by atoms with Gasteiger partial charge in [0.2, 0.25) is 0 Å². The number of amides is 1. The van der Waals surface area contributed by atoms with E-state index >= 15 is 0 Å². The topological polar surface area (TPSA) is 66.8 Å². The van der Waals surface area contributed by atoms with Crippen molar-refractivity contribution in [3.8, 4) is 5.75 Å². The highest BCUT2D eigenvalue weighted by Gasteiger charge is 2.30. The number of rotatable bonds is 4. The molecule has 24 heavy (non-hydrogen) atoms. The molecule has 3 rings (SSSR count). The van der Waals surface area contributed by atoms with Gasteiger partial charge in [-0.25, -0.2) is 0 Å². The van der Waals surface area contributed by atoms with Crippen molar-refractivity contribution in [1.29, 1.82) is 0 Å². The number of carbonyl (C=O) groups is 2. The molecule has 0 bridgehead atoms. The number of anilines is 1. The van der Waals surface area contributed by atoms with Gasteiger partial charge in [-0.2, -0.15) is 0 Å². The molecule has 0 atom stereocenters. The number of carboxylic acid groups (broad SMARTS) is 1. The summed E-state index contributed by atoms with van der Waals surface area (Å²) >= 11 is 5.86. The highest BCUT2D eigenvalue weighted by Crippen LogP contribution is 2.35. The molecule has 122 valence electrons. The summed E-state index contributed by atoms with van der Waals surface area (Å²) in [4.78, 5) is 25.0.